The molecule has 0 fully saturated rings. The second-order valence-electron chi connectivity index (χ2n) is 6.08. The lowest BCUT2D eigenvalue weighted by molar-refractivity contribution is 0.153. The summed E-state index contributed by atoms with van der Waals surface area (Å²) in [5.41, 5.74) is 1.39. The lowest BCUT2D eigenvalue weighted by atomic mass is 10.0. The van der Waals surface area contributed by atoms with Gasteiger partial charge in [-0.25, -0.2) is 4.98 Å². The van der Waals surface area contributed by atoms with Gasteiger partial charge in [-0.15, -0.1) is 15.0 Å². The van der Waals surface area contributed by atoms with Gasteiger partial charge in [-0.3, -0.25) is 0 Å². The number of benzene rings is 1. The second kappa shape index (κ2) is 9.03. The average Bonchev–Trinajstić information content (AvgIpc) is 3.16. The molecule has 0 saturated carbocycles. The fourth-order valence-corrected chi connectivity index (χ4v) is 2.72. The Kier molecular flexibility index (Phi) is 6.23. The van der Waals surface area contributed by atoms with Gasteiger partial charge in [-0.2, -0.15) is 0 Å². The number of aliphatic hydroxyl groups excluding tert-OH is 1. The van der Waals surface area contributed by atoms with E-state index in [1.54, 1.807) is 12.3 Å². The van der Waals surface area contributed by atoms with Crippen LogP contribution < -0.4 is 0 Å². The number of pyridine rings is 1. The van der Waals surface area contributed by atoms with Gasteiger partial charge in [0.1, 0.15) is 6.10 Å². The normalized spacial score (nSPS) is 12.2. The largest absolute Gasteiger partial charge is 0.385 e. The van der Waals surface area contributed by atoms with Crippen LogP contribution in [0.4, 0.5) is 0 Å². The van der Waals surface area contributed by atoms with Crippen molar-refractivity contribution in [2.24, 2.45) is 0 Å². The molecule has 1 aromatic carbocycles. The number of aryl methyl sites for hydroxylation is 1. The number of aromatic nitrogens is 5. The SMILES string of the molecule is OC(CCCCCCc1ccccc1)c1nnn(-c2ccccn2)n1. The van der Waals surface area contributed by atoms with E-state index in [0.717, 1.165) is 25.7 Å². The predicted molar refractivity (Wildman–Crippen MR) is 95.1 cm³/mol. The van der Waals surface area contributed by atoms with Crippen LogP contribution in [-0.4, -0.2) is 30.3 Å². The van der Waals surface area contributed by atoms with Crippen molar-refractivity contribution >= 4 is 0 Å². The summed E-state index contributed by atoms with van der Waals surface area (Å²) in [7, 11) is 0. The third-order valence-electron chi connectivity index (χ3n) is 4.12. The zero-order valence-electron chi connectivity index (χ0n) is 14.2. The first-order valence-corrected chi connectivity index (χ1v) is 8.76. The van der Waals surface area contributed by atoms with E-state index >= 15 is 0 Å². The predicted octanol–water partition coefficient (Wildman–Crippen LogP) is 3.28. The summed E-state index contributed by atoms with van der Waals surface area (Å²) in [6.07, 6.45) is 7.15. The van der Waals surface area contributed by atoms with Crippen molar-refractivity contribution in [3.05, 3.63) is 66.1 Å². The summed E-state index contributed by atoms with van der Waals surface area (Å²) in [5, 5.41) is 22.3. The van der Waals surface area contributed by atoms with Crippen LogP contribution in [0.3, 0.4) is 0 Å². The molecule has 0 bridgehead atoms. The number of rotatable bonds is 9. The van der Waals surface area contributed by atoms with Gasteiger partial charge in [0.15, 0.2) is 5.82 Å². The lowest BCUT2D eigenvalue weighted by Gasteiger charge is -2.06. The molecule has 0 amide bonds. The van der Waals surface area contributed by atoms with Gasteiger partial charge in [0.25, 0.3) is 0 Å². The summed E-state index contributed by atoms with van der Waals surface area (Å²) >= 11 is 0. The van der Waals surface area contributed by atoms with Crippen molar-refractivity contribution in [3.63, 3.8) is 0 Å². The van der Waals surface area contributed by atoms with Gasteiger partial charge in [0.2, 0.25) is 5.82 Å². The van der Waals surface area contributed by atoms with Crippen LogP contribution >= 0.6 is 0 Å². The lowest BCUT2D eigenvalue weighted by Crippen LogP contribution is -2.03. The molecule has 25 heavy (non-hydrogen) atoms. The Morgan fingerprint density at radius 2 is 1.72 bits per heavy atom. The maximum absolute atomic E-state index is 10.2. The number of unbranched alkanes of at least 4 members (excludes halogenated alkanes) is 3. The molecule has 1 N–H and O–H groups in total. The van der Waals surface area contributed by atoms with Crippen LogP contribution in [0.5, 0.6) is 0 Å². The molecule has 0 saturated heterocycles. The minimum atomic E-state index is -0.674. The van der Waals surface area contributed by atoms with Crippen molar-refractivity contribution in [1.29, 1.82) is 0 Å². The molecule has 6 heteroatoms. The highest BCUT2D eigenvalue weighted by Crippen LogP contribution is 2.17. The zero-order chi connectivity index (χ0) is 17.3. The highest BCUT2D eigenvalue weighted by molar-refractivity contribution is 5.17. The second-order valence-corrected chi connectivity index (χ2v) is 6.08. The fraction of sp³-hybridized carbons (Fsp3) is 0.368. The Morgan fingerprint density at radius 1 is 0.920 bits per heavy atom. The van der Waals surface area contributed by atoms with E-state index in [0.29, 0.717) is 18.1 Å². The summed E-state index contributed by atoms with van der Waals surface area (Å²) in [6, 6.07) is 16.0. The third-order valence-corrected chi connectivity index (χ3v) is 4.12. The smallest absolute Gasteiger partial charge is 0.203 e. The summed E-state index contributed by atoms with van der Waals surface area (Å²) in [6.45, 7) is 0. The number of nitrogens with zero attached hydrogens (tertiary/aromatic N) is 5. The van der Waals surface area contributed by atoms with Gasteiger partial charge in [-0.05, 0) is 42.2 Å². The molecule has 0 radical (unpaired) electrons. The van der Waals surface area contributed by atoms with Crippen molar-refractivity contribution in [3.8, 4) is 5.82 Å². The fourth-order valence-electron chi connectivity index (χ4n) is 2.72. The molecule has 2 heterocycles. The number of hydrogen-bond donors (Lipinski definition) is 1. The molecule has 2 aromatic heterocycles. The quantitative estimate of drug-likeness (QED) is 0.606. The molecule has 0 spiro atoms. The molecule has 0 aliphatic carbocycles. The standard InChI is InChI=1S/C19H23N5O/c25-17(13-7-2-1-4-10-16-11-5-3-6-12-16)19-21-23-24(22-19)18-14-8-9-15-20-18/h3,5-6,8-9,11-12,14-15,17,25H,1-2,4,7,10,13H2. The van der Waals surface area contributed by atoms with Crippen LogP contribution in [0, 0.1) is 0 Å². The summed E-state index contributed by atoms with van der Waals surface area (Å²) < 4.78 is 0. The van der Waals surface area contributed by atoms with E-state index in [9.17, 15) is 5.11 Å². The van der Waals surface area contributed by atoms with E-state index in [1.165, 1.54) is 16.8 Å². The summed E-state index contributed by atoms with van der Waals surface area (Å²) in [5.74, 6) is 0.948. The Labute approximate surface area is 147 Å². The van der Waals surface area contributed by atoms with Crippen molar-refractivity contribution in [2.75, 3.05) is 0 Å². The van der Waals surface area contributed by atoms with E-state index < -0.39 is 6.10 Å². The number of hydrogen-bond acceptors (Lipinski definition) is 5. The first-order valence-electron chi connectivity index (χ1n) is 8.76. The maximum Gasteiger partial charge on any atom is 0.203 e. The first-order chi connectivity index (χ1) is 12.3. The van der Waals surface area contributed by atoms with Gasteiger partial charge in [-0.1, -0.05) is 55.7 Å². The van der Waals surface area contributed by atoms with Crippen LogP contribution in [0.25, 0.3) is 5.82 Å². The highest BCUT2D eigenvalue weighted by atomic mass is 16.3. The van der Waals surface area contributed by atoms with Gasteiger partial charge in [0.05, 0.1) is 0 Å². The third kappa shape index (κ3) is 5.19. The van der Waals surface area contributed by atoms with Gasteiger partial charge in [0, 0.05) is 6.20 Å². The first kappa shape index (κ1) is 17.2. The molecule has 6 nitrogen and oxygen atoms in total. The van der Waals surface area contributed by atoms with E-state index in [1.807, 2.05) is 18.2 Å². The Morgan fingerprint density at radius 3 is 2.52 bits per heavy atom. The molecular weight excluding hydrogens is 314 g/mol. The highest BCUT2D eigenvalue weighted by Gasteiger charge is 2.14. The van der Waals surface area contributed by atoms with E-state index in [2.05, 4.69) is 44.7 Å². The van der Waals surface area contributed by atoms with Gasteiger partial charge < -0.3 is 5.11 Å². The Bertz CT molecular complexity index is 745. The number of tetrazole rings is 1. The van der Waals surface area contributed by atoms with Crippen LogP contribution in [0.1, 0.15) is 49.6 Å². The van der Waals surface area contributed by atoms with E-state index in [4.69, 9.17) is 0 Å². The Hall–Kier alpha value is -2.60. The molecule has 3 aromatic rings. The van der Waals surface area contributed by atoms with Crippen molar-refractivity contribution in [1.82, 2.24) is 25.2 Å². The Balaban J connectivity index is 1.37. The molecule has 0 aliphatic rings. The minimum Gasteiger partial charge on any atom is -0.385 e. The molecule has 1 unspecified atom stereocenters. The van der Waals surface area contributed by atoms with E-state index in [-0.39, 0.29) is 0 Å². The van der Waals surface area contributed by atoms with Crippen molar-refractivity contribution in [2.45, 2.75) is 44.6 Å². The van der Waals surface area contributed by atoms with Crippen LogP contribution in [0.15, 0.2) is 54.7 Å². The topological polar surface area (TPSA) is 76.7 Å². The van der Waals surface area contributed by atoms with Crippen LogP contribution in [0.2, 0.25) is 0 Å². The molecule has 0 aliphatic heterocycles. The molecule has 3 rings (SSSR count). The zero-order valence-corrected chi connectivity index (χ0v) is 14.2. The number of aliphatic hydroxyl groups is 1. The molecule has 1 atom stereocenters. The molecular formula is C19H23N5O. The molecule has 130 valence electrons. The average molecular weight is 337 g/mol. The summed E-state index contributed by atoms with van der Waals surface area (Å²) in [4.78, 5) is 5.50. The van der Waals surface area contributed by atoms with Crippen molar-refractivity contribution < 1.29 is 5.11 Å². The van der Waals surface area contributed by atoms with Crippen LogP contribution in [-0.2, 0) is 6.42 Å². The monoisotopic (exact) mass is 337 g/mol. The van der Waals surface area contributed by atoms with Gasteiger partial charge >= 0.3 is 0 Å². The maximum atomic E-state index is 10.2. The minimum absolute atomic E-state index is 0.356.